The third-order valence-corrected chi connectivity index (χ3v) is 4.69. The van der Waals surface area contributed by atoms with Gasteiger partial charge in [0, 0.05) is 37.0 Å². The SMILES string of the molecule is O=C(Nc1cnc(-c2ccccc2)nc1)C1CCN(c2cnccn2)CC1. The Hall–Kier alpha value is -3.35. The Morgan fingerprint density at radius 2 is 1.70 bits per heavy atom. The lowest BCUT2D eigenvalue weighted by Crippen LogP contribution is -2.38. The largest absolute Gasteiger partial charge is 0.355 e. The molecule has 1 saturated heterocycles. The van der Waals surface area contributed by atoms with Crippen LogP contribution in [0.2, 0.25) is 0 Å². The van der Waals surface area contributed by atoms with E-state index in [0.717, 1.165) is 37.3 Å². The van der Waals surface area contributed by atoms with Gasteiger partial charge in [-0.05, 0) is 12.8 Å². The fourth-order valence-corrected chi connectivity index (χ4v) is 3.20. The minimum Gasteiger partial charge on any atom is -0.355 e. The molecular weight excluding hydrogens is 340 g/mol. The Morgan fingerprint density at radius 1 is 0.963 bits per heavy atom. The zero-order valence-electron chi connectivity index (χ0n) is 14.8. The second kappa shape index (κ2) is 7.90. The van der Waals surface area contributed by atoms with E-state index in [9.17, 15) is 4.79 Å². The number of nitrogens with one attached hydrogen (secondary N) is 1. The van der Waals surface area contributed by atoms with Crippen molar-refractivity contribution in [1.29, 1.82) is 0 Å². The van der Waals surface area contributed by atoms with Crippen LogP contribution in [-0.4, -0.2) is 38.9 Å². The Labute approximate surface area is 157 Å². The zero-order valence-corrected chi connectivity index (χ0v) is 14.8. The van der Waals surface area contributed by atoms with Gasteiger partial charge in [0.25, 0.3) is 0 Å². The lowest BCUT2D eigenvalue weighted by Gasteiger charge is -2.31. The summed E-state index contributed by atoms with van der Waals surface area (Å²) in [5, 5.41) is 2.93. The quantitative estimate of drug-likeness (QED) is 0.770. The van der Waals surface area contributed by atoms with Gasteiger partial charge in [0.05, 0.1) is 24.3 Å². The molecule has 1 aromatic carbocycles. The van der Waals surface area contributed by atoms with Gasteiger partial charge in [-0.1, -0.05) is 30.3 Å². The summed E-state index contributed by atoms with van der Waals surface area (Å²) in [6.45, 7) is 1.58. The molecule has 7 heteroatoms. The normalized spacial score (nSPS) is 14.7. The molecule has 0 unspecified atom stereocenters. The van der Waals surface area contributed by atoms with Gasteiger partial charge < -0.3 is 10.2 Å². The molecule has 1 N–H and O–H groups in total. The molecule has 4 rings (SSSR count). The summed E-state index contributed by atoms with van der Waals surface area (Å²) in [5.74, 6) is 1.50. The maximum Gasteiger partial charge on any atom is 0.227 e. The maximum absolute atomic E-state index is 12.6. The smallest absolute Gasteiger partial charge is 0.227 e. The molecule has 3 aromatic rings. The molecule has 0 aliphatic carbocycles. The average molecular weight is 360 g/mol. The second-order valence-electron chi connectivity index (χ2n) is 6.48. The first-order valence-electron chi connectivity index (χ1n) is 8.99. The zero-order chi connectivity index (χ0) is 18.5. The van der Waals surface area contributed by atoms with Crippen molar-refractivity contribution in [3.05, 3.63) is 61.3 Å². The van der Waals surface area contributed by atoms with Gasteiger partial charge in [0.1, 0.15) is 5.82 Å². The van der Waals surface area contributed by atoms with E-state index in [1.807, 2.05) is 30.3 Å². The van der Waals surface area contributed by atoms with E-state index in [0.29, 0.717) is 11.5 Å². The van der Waals surface area contributed by atoms with Crippen molar-refractivity contribution in [2.24, 2.45) is 5.92 Å². The molecule has 1 aliphatic rings. The van der Waals surface area contributed by atoms with Crippen LogP contribution in [-0.2, 0) is 4.79 Å². The van der Waals surface area contributed by atoms with Crippen LogP contribution in [0.3, 0.4) is 0 Å². The van der Waals surface area contributed by atoms with E-state index >= 15 is 0 Å². The molecule has 3 heterocycles. The van der Waals surface area contributed by atoms with Crippen LogP contribution in [0.4, 0.5) is 11.5 Å². The van der Waals surface area contributed by atoms with E-state index in [-0.39, 0.29) is 11.8 Å². The van der Waals surface area contributed by atoms with Crippen LogP contribution in [0.25, 0.3) is 11.4 Å². The maximum atomic E-state index is 12.6. The van der Waals surface area contributed by atoms with Gasteiger partial charge in [0.15, 0.2) is 5.82 Å². The first-order valence-corrected chi connectivity index (χ1v) is 8.99. The van der Waals surface area contributed by atoms with Gasteiger partial charge in [-0.2, -0.15) is 0 Å². The molecule has 0 atom stereocenters. The monoisotopic (exact) mass is 360 g/mol. The Bertz CT molecular complexity index is 877. The number of nitrogens with zero attached hydrogens (tertiary/aromatic N) is 5. The van der Waals surface area contributed by atoms with Crippen LogP contribution in [0.15, 0.2) is 61.3 Å². The van der Waals surface area contributed by atoms with Crippen molar-refractivity contribution in [1.82, 2.24) is 19.9 Å². The highest BCUT2D eigenvalue weighted by atomic mass is 16.1. The molecule has 1 aliphatic heterocycles. The van der Waals surface area contributed by atoms with Crippen LogP contribution >= 0.6 is 0 Å². The topological polar surface area (TPSA) is 83.9 Å². The third-order valence-electron chi connectivity index (χ3n) is 4.69. The fourth-order valence-electron chi connectivity index (χ4n) is 3.20. The average Bonchev–Trinajstić information content (AvgIpc) is 2.76. The number of hydrogen-bond donors (Lipinski definition) is 1. The van der Waals surface area contributed by atoms with Gasteiger partial charge in [-0.25, -0.2) is 15.0 Å². The number of anilines is 2. The lowest BCUT2D eigenvalue weighted by atomic mass is 9.96. The number of aromatic nitrogens is 4. The fraction of sp³-hybridized carbons (Fsp3) is 0.250. The summed E-state index contributed by atoms with van der Waals surface area (Å²) in [7, 11) is 0. The van der Waals surface area contributed by atoms with Gasteiger partial charge in [0.2, 0.25) is 5.91 Å². The Morgan fingerprint density at radius 3 is 2.37 bits per heavy atom. The van der Waals surface area contributed by atoms with E-state index in [1.165, 1.54) is 0 Å². The molecule has 0 radical (unpaired) electrons. The number of hydrogen-bond acceptors (Lipinski definition) is 6. The summed E-state index contributed by atoms with van der Waals surface area (Å²) in [5.41, 5.74) is 1.57. The summed E-state index contributed by atoms with van der Waals surface area (Å²) in [4.78, 5) is 31.8. The van der Waals surface area contributed by atoms with Gasteiger partial charge in [-0.15, -0.1) is 0 Å². The third kappa shape index (κ3) is 4.08. The van der Waals surface area contributed by atoms with Crippen LogP contribution in [0, 0.1) is 5.92 Å². The van der Waals surface area contributed by atoms with Crippen molar-refractivity contribution in [3.63, 3.8) is 0 Å². The molecule has 0 bridgehead atoms. The highest BCUT2D eigenvalue weighted by Crippen LogP contribution is 2.22. The summed E-state index contributed by atoms with van der Waals surface area (Å²) in [6, 6.07) is 9.76. The van der Waals surface area contributed by atoms with Crippen LogP contribution in [0.1, 0.15) is 12.8 Å². The van der Waals surface area contributed by atoms with Crippen molar-refractivity contribution < 1.29 is 4.79 Å². The molecule has 1 fully saturated rings. The number of amides is 1. The summed E-state index contributed by atoms with van der Waals surface area (Å²) >= 11 is 0. The number of piperidine rings is 1. The number of carbonyl (C=O) groups excluding carboxylic acids is 1. The minimum atomic E-state index is -0.0216. The first kappa shape index (κ1) is 17.1. The van der Waals surface area contributed by atoms with Gasteiger partial charge in [-0.3, -0.25) is 9.78 Å². The van der Waals surface area contributed by atoms with E-state index in [2.05, 4.69) is 30.2 Å². The standard InChI is InChI=1S/C20H20N6O/c27-20(16-6-10-26(11-7-16)18-14-21-8-9-22-18)25-17-12-23-19(24-13-17)15-4-2-1-3-5-15/h1-5,8-9,12-14,16H,6-7,10-11H2,(H,25,27). The molecule has 1 amide bonds. The number of carbonyl (C=O) groups is 1. The first-order chi connectivity index (χ1) is 13.3. The van der Waals surface area contributed by atoms with Crippen molar-refractivity contribution >= 4 is 17.4 Å². The molecule has 0 spiro atoms. The molecule has 2 aromatic heterocycles. The molecular formula is C20H20N6O. The van der Waals surface area contributed by atoms with E-state index < -0.39 is 0 Å². The molecule has 7 nitrogen and oxygen atoms in total. The summed E-state index contributed by atoms with van der Waals surface area (Å²) in [6.07, 6.45) is 9.98. The lowest BCUT2D eigenvalue weighted by molar-refractivity contribution is -0.120. The summed E-state index contributed by atoms with van der Waals surface area (Å²) < 4.78 is 0. The van der Waals surface area contributed by atoms with E-state index in [4.69, 9.17) is 0 Å². The minimum absolute atomic E-state index is 0.0184. The van der Waals surface area contributed by atoms with E-state index in [1.54, 1.807) is 31.0 Å². The van der Waals surface area contributed by atoms with Crippen molar-refractivity contribution in [2.45, 2.75) is 12.8 Å². The Kier molecular flexibility index (Phi) is 5.00. The molecule has 136 valence electrons. The van der Waals surface area contributed by atoms with Gasteiger partial charge >= 0.3 is 0 Å². The van der Waals surface area contributed by atoms with Crippen molar-refractivity contribution in [3.8, 4) is 11.4 Å². The van der Waals surface area contributed by atoms with Crippen molar-refractivity contribution in [2.75, 3.05) is 23.3 Å². The number of benzene rings is 1. The predicted octanol–water partition coefficient (Wildman–Crippen LogP) is 2.79. The van der Waals surface area contributed by atoms with Crippen LogP contribution < -0.4 is 10.2 Å². The Balaban J connectivity index is 1.33. The highest BCUT2D eigenvalue weighted by molar-refractivity contribution is 5.92. The predicted molar refractivity (Wildman–Crippen MR) is 103 cm³/mol. The number of rotatable bonds is 4. The molecule has 0 saturated carbocycles. The molecule has 27 heavy (non-hydrogen) atoms. The van der Waals surface area contributed by atoms with Crippen LogP contribution in [0.5, 0.6) is 0 Å². The second-order valence-corrected chi connectivity index (χ2v) is 6.48. The highest BCUT2D eigenvalue weighted by Gasteiger charge is 2.25.